The number of benzene rings is 2. The minimum absolute atomic E-state index is 0. The van der Waals surface area contributed by atoms with E-state index in [9.17, 15) is 4.79 Å². The van der Waals surface area contributed by atoms with E-state index in [2.05, 4.69) is 47.6 Å². The molecule has 2 N–H and O–H groups in total. The maximum Gasteiger partial charge on any atom is 0.244 e. The number of rotatable bonds is 12. The van der Waals surface area contributed by atoms with E-state index in [1.807, 2.05) is 36.4 Å². The molecule has 1 aliphatic heterocycles. The van der Waals surface area contributed by atoms with Gasteiger partial charge in [-0.2, -0.15) is 0 Å². The second-order valence-corrected chi connectivity index (χ2v) is 10.6. The van der Waals surface area contributed by atoms with Crippen molar-refractivity contribution < 1.29 is 33.3 Å². The molecule has 0 spiro atoms. The zero-order valence-corrected chi connectivity index (χ0v) is 24.3. The Balaban J connectivity index is 0.00000361. The summed E-state index contributed by atoms with van der Waals surface area (Å²) in [6, 6.07) is 20.9. The molecule has 196 valence electrons. The van der Waals surface area contributed by atoms with Crippen molar-refractivity contribution in [2.75, 3.05) is 19.6 Å². The highest BCUT2D eigenvalue weighted by Gasteiger charge is 2.51. The fourth-order valence-electron chi connectivity index (χ4n) is 6.70. The van der Waals surface area contributed by atoms with Crippen molar-refractivity contribution >= 4 is 11.7 Å². The van der Waals surface area contributed by atoms with Crippen molar-refractivity contribution in [3.05, 3.63) is 71.8 Å². The molecule has 1 amide bonds. The second-order valence-electron chi connectivity index (χ2n) is 10.6. The Morgan fingerprint density at radius 3 is 2.11 bits per heavy atom. The maximum absolute atomic E-state index is 13.4. The van der Waals surface area contributed by atoms with Gasteiger partial charge in [-0.1, -0.05) is 93.3 Å². The van der Waals surface area contributed by atoms with E-state index in [1.165, 1.54) is 50.9 Å². The molecule has 2 aromatic carbocycles. The molecular weight excluding hydrogens is 557 g/mol. The van der Waals surface area contributed by atoms with Crippen molar-refractivity contribution in [2.24, 2.45) is 11.7 Å². The number of primary amides is 1. The van der Waals surface area contributed by atoms with Crippen molar-refractivity contribution in [3.63, 3.8) is 0 Å². The smallest absolute Gasteiger partial charge is 0.244 e. The minimum atomic E-state index is -0.789. The van der Waals surface area contributed by atoms with Crippen LogP contribution in [0.3, 0.4) is 0 Å². The topological polar surface area (TPSA) is 49.3 Å². The van der Waals surface area contributed by atoms with Gasteiger partial charge < -0.3 is 29.7 Å². The largest absolute Gasteiger partial charge is 1.00 e. The van der Waals surface area contributed by atoms with E-state index in [-0.39, 0.29) is 35.8 Å². The number of unbranched alkanes of at least 4 members (excludes halogenated alkanes) is 5. The van der Waals surface area contributed by atoms with Crippen molar-refractivity contribution in [2.45, 2.75) is 83.1 Å². The first-order chi connectivity index (χ1) is 17.1. The average molecular weight is 602 g/mol. The van der Waals surface area contributed by atoms with Crippen LogP contribution in [0.1, 0.15) is 82.8 Å². The third-order valence-electron chi connectivity index (χ3n) is 8.57. The van der Waals surface area contributed by atoms with E-state index < -0.39 is 5.41 Å². The van der Waals surface area contributed by atoms with Crippen LogP contribution in [0, 0.1) is 5.92 Å². The van der Waals surface area contributed by atoms with Gasteiger partial charge in [0.2, 0.25) is 11.7 Å². The van der Waals surface area contributed by atoms with E-state index in [0.717, 1.165) is 43.5 Å². The minimum Gasteiger partial charge on any atom is -1.00 e. The van der Waals surface area contributed by atoms with E-state index >= 15 is 0 Å². The Kier molecular flexibility index (Phi) is 10.8. The van der Waals surface area contributed by atoms with Gasteiger partial charge in [0, 0.05) is 6.92 Å². The lowest BCUT2D eigenvalue weighted by molar-refractivity contribution is -0.556. The van der Waals surface area contributed by atoms with Gasteiger partial charge in [0.15, 0.2) is 0 Å². The predicted octanol–water partition coefficient (Wildman–Crippen LogP) is 2.74. The highest BCUT2D eigenvalue weighted by molar-refractivity contribution is 5.91. The summed E-state index contributed by atoms with van der Waals surface area (Å²) in [5, 5.41) is 0. The van der Waals surface area contributed by atoms with Crippen LogP contribution >= 0.6 is 0 Å². The van der Waals surface area contributed by atoms with Crippen LogP contribution < -0.4 is 29.7 Å². The predicted molar refractivity (Wildman–Crippen MR) is 145 cm³/mol. The number of carbonyl (C=O) groups is 1. The lowest BCUT2D eigenvalue weighted by Crippen LogP contribution is -3.00. The number of hydrogen-bond acceptors (Lipinski definition) is 2. The first kappa shape index (κ1) is 28.7. The molecule has 36 heavy (non-hydrogen) atoms. The number of amides is 1. The molecule has 5 heteroatoms. The number of halogens is 1. The highest BCUT2D eigenvalue weighted by atomic mass is 127. The lowest BCUT2D eigenvalue weighted by Gasteiger charge is -2.37. The summed E-state index contributed by atoms with van der Waals surface area (Å²) in [5.74, 6) is 1.39. The first-order valence-corrected chi connectivity index (χ1v) is 13.8. The Morgan fingerprint density at radius 2 is 1.53 bits per heavy atom. The summed E-state index contributed by atoms with van der Waals surface area (Å²) in [4.78, 5) is 15.9. The molecule has 0 radical (unpaired) electrons. The molecule has 2 aromatic rings. The van der Waals surface area contributed by atoms with Crippen LogP contribution in [-0.4, -0.2) is 46.9 Å². The van der Waals surface area contributed by atoms with Gasteiger partial charge in [0.05, 0.1) is 12.6 Å². The van der Waals surface area contributed by atoms with Gasteiger partial charge in [-0.25, -0.2) is 0 Å². The van der Waals surface area contributed by atoms with Gasteiger partial charge in [-0.3, -0.25) is 14.3 Å². The molecular formula is C31H44IN3O. The van der Waals surface area contributed by atoms with Crippen molar-refractivity contribution in [1.82, 2.24) is 4.90 Å². The Hall–Kier alpha value is -1.89. The molecule has 1 heterocycles. The fourth-order valence-corrected chi connectivity index (χ4v) is 6.70. The number of amidine groups is 1. The zero-order chi connectivity index (χ0) is 24.7. The quantitative estimate of drug-likeness (QED) is 0.231. The summed E-state index contributed by atoms with van der Waals surface area (Å²) in [7, 11) is 0. The van der Waals surface area contributed by atoms with Crippen LogP contribution in [0.5, 0.6) is 0 Å². The monoisotopic (exact) mass is 601 g/mol. The zero-order valence-electron chi connectivity index (χ0n) is 22.2. The van der Waals surface area contributed by atoms with E-state index in [4.69, 9.17) is 5.73 Å². The third-order valence-corrected chi connectivity index (χ3v) is 8.57. The molecule has 4 rings (SSSR count). The van der Waals surface area contributed by atoms with Gasteiger partial charge in [0.1, 0.15) is 18.5 Å². The summed E-state index contributed by atoms with van der Waals surface area (Å²) in [6.07, 6.45) is 11.2. The molecule has 0 unspecified atom stereocenters. The summed E-state index contributed by atoms with van der Waals surface area (Å²) >= 11 is 0. The Labute approximate surface area is 235 Å². The third kappa shape index (κ3) is 5.98. The van der Waals surface area contributed by atoms with Crippen LogP contribution in [0.25, 0.3) is 0 Å². The second kappa shape index (κ2) is 13.6. The Bertz CT molecular complexity index is 952. The van der Waals surface area contributed by atoms with Gasteiger partial charge >= 0.3 is 0 Å². The van der Waals surface area contributed by atoms with Crippen LogP contribution in [0.4, 0.5) is 0 Å². The SMILES string of the molecule is CCCCCCCCN1CC[N+]([C@H]2CC[C@@H](C(C(N)=O)(c3ccccc3)c3ccccc3)C2)=C1C.[I-]. The van der Waals surface area contributed by atoms with Gasteiger partial charge in [-0.15, -0.1) is 0 Å². The summed E-state index contributed by atoms with van der Waals surface area (Å²) < 4.78 is 2.62. The fraction of sp³-hybridized carbons (Fsp3) is 0.548. The molecule has 0 saturated heterocycles. The van der Waals surface area contributed by atoms with E-state index in [0.29, 0.717) is 6.04 Å². The number of hydrogen-bond donors (Lipinski definition) is 1. The highest BCUT2D eigenvalue weighted by Crippen LogP contribution is 2.47. The molecule has 2 aliphatic rings. The van der Waals surface area contributed by atoms with Crippen LogP contribution in [0.2, 0.25) is 0 Å². The van der Waals surface area contributed by atoms with Gasteiger partial charge in [0.25, 0.3) is 0 Å². The Morgan fingerprint density at radius 1 is 0.944 bits per heavy atom. The molecule has 1 fully saturated rings. The van der Waals surface area contributed by atoms with Crippen LogP contribution in [-0.2, 0) is 10.2 Å². The van der Waals surface area contributed by atoms with Crippen molar-refractivity contribution in [3.8, 4) is 0 Å². The molecule has 1 saturated carbocycles. The standard InChI is InChI=1S/C31H43N3O.HI/c1-3-4-5-6-7-14-21-33-22-23-34(25(33)2)29-20-19-28(24-29)31(30(32)35,26-15-10-8-11-16-26)27-17-12-9-13-18-27;/h8-13,15-18,28-29H,3-7,14,19-24H2,1-2H3,(H-,32,35);1H/t28-,29+;/m1./s1. The van der Waals surface area contributed by atoms with E-state index in [1.54, 1.807) is 0 Å². The number of nitrogens with zero attached hydrogens (tertiary/aromatic N) is 2. The number of nitrogens with two attached hydrogens (primary N) is 1. The molecule has 0 aromatic heterocycles. The molecule has 2 atom stereocenters. The first-order valence-electron chi connectivity index (χ1n) is 13.8. The normalized spacial score (nSPS) is 20.0. The summed E-state index contributed by atoms with van der Waals surface area (Å²) in [5.41, 5.74) is 7.56. The maximum atomic E-state index is 13.4. The average Bonchev–Trinajstić information content (AvgIpc) is 3.50. The number of carbonyl (C=O) groups excluding carboxylic acids is 1. The molecule has 4 nitrogen and oxygen atoms in total. The lowest BCUT2D eigenvalue weighted by atomic mass is 9.64. The van der Waals surface area contributed by atoms with Crippen LogP contribution in [0.15, 0.2) is 60.7 Å². The molecule has 1 aliphatic carbocycles. The summed E-state index contributed by atoms with van der Waals surface area (Å²) in [6.45, 7) is 7.97. The van der Waals surface area contributed by atoms with Crippen molar-refractivity contribution in [1.29, 1.82) is 0 Å². The van der Waals surface area contributed by atoms with Gasteiger partial charge in [-0.05, 0) is 49.1 Å². The molecule has 0 bridgehead atoms.